The van der Waals surface area contributed by atoms with Crippen LogP contribution in [-0.4, -0.2) is 64.6 Å². The summed E-state index contributed by atoms with van der Waals surface area (Å²) in [6, 6.07) is 32.6. The van der Waals surface area contributed by atoms with Crippen molar-refractivity contribution in [2.75, 3.05) is 13.1 Å². The molecule has 1 amide bonds. The predicted molar refractivity (Wildman–Crippen MR) is 206 cm³/mol. The molecular weight excluding hydrogens is 710 g/mol. The lowest BCUT2D eigenvalue weighted by Gasteiger charge is -2.42. The highest BCUT2D eigenvalue weighted by atomic mass is 35.5. The first-order valence-electron chi connectivity index (χ1n) is 17.2. The minimum atomic E-state index is -4.39. The molecule has 0 bridgehead atoms. The maximum atomic E-state index is 14.4. The van der Waals surface area contributed by atoms with Gasteiger partial charge in [0.05, 0.1) is 29.0 Å². The van der Waals surface area contributed by atoms with Crippen LogP contribution in [0.15, 0.2) is 113 Å². The first-order valence-corrected chi connectivity index (χ1v) is 19.0. The van der Waals surface area contributed by atoms with Crippen molar-refractivity contribution in [1.82, 2.24) is 13.8 Å². The van der Waals surface area contributed by atoms with Gasteiger partial charge in [-0.15, -0.1) is 0 Å². The summed E-state index contributed by atoms with van der Waals surface area (Å²) in [6.07, 6.45) is -0.860. The Bertz CT molecular complexity index is 2320. The number of aromatic nitrogens is 1. The molecule has 0 radical (unpaired) electrons. The van der Waals surface area contributed by atoms with Gasteiger partial charge in [-0.25, -0.2) is 22.8 Å². The molecule has 0 unspecified atom stereocenters. The minimum absolute atomic E-state index is 0.00418. The van der Waals surface area contributed by atoms with Gasteiger partial charge >= 0.3 is 6.09 Å². The summed E-state index contributed by atoms with van der Waals surface area (Å²) in [6.45, 7) is 8.69. The first kappa shape index (κ1) is 37.5. The van der Waals surface area contributed by atoms with Crippen LogP contribution in [0, 0.1) is 17.2 Å². The summed E-state index contributed by atoms with van der Waals surface area (Å²) in [5.74, 6) is -0.531. The van der Waals surface area contributed by atoms with Crippen molar-refractivity contribution < 1.29 is 22.7 Å². The normalized spacial score (nSPS) is 15.4. The highest BCUT2D eigenvalue weighted by Gasteiger charge is 2.42. The molecule has 0 N–H and O–H groups in total. The average molecular weight is 750 g/mol. The maximum Gasteiger partial charge on any atom is 0.420 e. The SMILES string of the molecule is CC(C)[C@@H]1CN(S(=O)(=O)c2cc3cc(Cl)ccc3n2C(=O)OC(C)(C)C)CC(=O)N1Cc1ccc(C#N)c(N=C(c2ccccc2)c2ccccc2)c1. The molecule has 1 aliphatic rings. The van der Waals surface area contributed by atoms with Crippen LogP contribution in [0.3, 0.4) is 0 Å². The van der Waals surface area contributed by atoms with Crippen molar-refractivity contribution in [1.29, 1.82) is 5.26 Å². The van der Waals surface area contributed by atoms with Crippen LogP contribution < -0.4 is 0 Å². The van der Waals surface area contributed by atoms with Crippen molar-refractivity contribution in [2.24, 2.45) is 10.9 Å². The fraction of sp³-hybridized carbons (Fsp3) is 0.268. The van der Waals surface area contributed by atoms with Gasteiger partial charge < -0.3 is 9.64 Å². The fourth-order valence-corrected chi connectivity index (χ4v) is 8.16. The summed E-state index contributed by atoms with van der Waals surface area (Å²) in [5.41, 5.74) is 3.45. The molecule has 1 aliphatic heterocycles. The summed E-state index contributed by atoms with van der Waals surface area (Å²) in [5, 5.41) is 10.5. The number of hydrogen-bond acceptors (Lipinski definition) is 7. The lowest BCUT2D eigenvalue weighted by molar-refractivity contribution is -0.139. The Morgan fingerprint density at radius 2 is 1.60 bits per heavy atom. The van der Waals surface area contributed by atoms with E-state index in [1.165, 1.54) is 6.07 Å². The van der Waals surface area contributed by atoms with E-state index in [-0.39, 0.29) is 24.0 Å². The van der Waals surface area contributed by atoms with Crippen molar-refractivity contribution >= 4 is 55.9 Å². The summed E-state index contributed by atoms with van der Waals surface area (Å²) < 4.78 is 36.6. The molecule has 53 heavy (non-hydrogen) atoms. The number of aliphatic imine (C=N–C) groups is 1. The van der Waals surface area contributed by atoms with Gasteiger partial charge in [0.25, 0.3) is 10.0 Å². The molecule has 0 aliphatic carbocycles. The molecule has 6 rings (SSSR count). The number of carbonyl (C=O) groups excluding carboxylic acids is 2. The highest BCUT2D eigenvalue weighted by Crippen LogP contribution is 2.32. The quantitative estimate of drug-likeness (QED) is 0.147. The van der Waals surface area contributed by atoms with Gasteiger partial charge in [0.2, 0.25) is 5.91 Å². The van der Waals surface area contributed by atoms with Crippen LogP contribution in [0.25, 0.3) is 10.9 Å². The zero-order valence-corrected chi connectivity index (χ0v) is 31.7. The van der Waals surface area contributed by atoms with E-state index in [4.69, 9.17) is 21.3 Å². The lowest BCUT2D eigenvalue weighted by atomic mass is 9.99. The molecule has 4 aromatic carbocycles. The van der Waals surface area contributed by atoms with Crippen LogP contribution in [-0.2, 0) is 26.1 Å². The van der Waals surface area contributed by atoms with E-state index < -0.39 is 40.2 Å². The zero-order chi connectivity index (χ0) is 38.1. The number of carbonyl (C=O) groups is 2. The molecule has 12 heteroatoms. The Hall–Kier alpha value is -5.28. The van der Waals surface area contributed by atoms with Crippen LogP contribution in [0.2, 0.25) is 5.02 Å². The second kappa shape index (κ2) is 15.0. The van der Waals surface area contributed by atoms with Gasteiger partial charge in [-0.3, -0.25) is 4.79 Å². The molecule has 0 saturated carbocycles. The molecule has 1 saturated heterocycles. The monoisotopic (exact) mass is 749 g/mol. The van der Waals surface area contributed by atoms with Crippen molar-refractivity contribution in [3.8, 4) is 6.07 Å². The van der Waals surface area contributed by atoms with E-state index in [9.17, 15) is 23.3 Å². The smallest absolute Gasteiger partial charge is 0.420 e. The molecule has 10 nitrogen and oxygen atoms in total. The molecule has 2 heterocycles. The second-order valence-electron chi connectivity index (χ2n) is 14.3. The Kier molecular flexibility index (Phi) is 10.6. The molecule has 5 aromatic rings. The summed E-state index contributed by atoms with van der Waals surface area (Å²) in [4.78, 5) is 34.2. The third-order valence-corrected chi connectivity index (χ3v) is 11.0. The molecule has 1 aromatic heterocycles. The maximum absolute atomic E-state index is 14.4. The van der Waals surface area contributed by atoms with Crippen LogP contribution in [0.1, 0.15) is 56.9 Å². The molecule has 1 atom stereocenters. The van der Waals surface area contributed by atoms with Crippen molar-refractivity contribution in [3.05, 3.63) is 130 Å². The minimum Gasteiger partial charge on any atom is -0.443 e. The second-order valence-corrected chi connectivity index (χ2v) is 16.6. The van der Waals surface area contributed by atoms with Crippen LogP contribution >= 0.6 is 11.6 Å². The number of nitrogens with zero attached hydrogens (tertiary/aromatic N) is 5. The average Bonchev–Trinajstić information content (AvgIpc) is 3.51. The van der Waals surface area contributed by atoms with E-state index in [0.29, 0.717) is 32.9 Å². The van der Waals surface area contributed by atoms with E-state index >= 15 is 0 Å². The van der Waals surface area contributed by atoms with Crippen LogP contribution in [0.5, 0.6) is 0 Å². The largest absolute Gasteiger partial charge is 0.443 e. The number of ether oxygens (including phenoxy) is 1. The number of rotatable bonds is 8. The number of benzene rings is 4. The van der Waals surface area contributed by atoms with Gasteiger partial charge in [-0.05, 0) is 68.7 Å². The van der Waals surface area contributed by atoms with E-state index in [1.54, 1.807) is 56.0 Å². The topological polar surface area (TPSA) is 125 Å². The molecule has 1 fully saturated rings. The first-order chi connectivity index (χ1) is 25.2. The summed E-state index contributed by atoms with van der Waals surface area (Å²) >= 11 is 6.23. The Morgan fingerprint density at radius 1 is 0.962 bits per heavy atom. The Balaban J connectivity index is 1.34. The third-order valence-electron chi connectivity index (χ3n) is 8.96. The number of hydrogen-bond donors (Lipinski definition) is 0. The van der Waals surface area contributed by atoms with Crippen LogP contribution in [0.4, 0.5) is 10.5 Å². The number of amides is 1. The van der Waals surface area contributed by atoms with E-state index in [2.05, 4.69) is 6.07 Å². The van der Waals surface area contributed by atoms with Gasteiger partial charge in [0.1, 0.15) is 11.7 Å². The van der Waals surface area contributed by atoms with E-state index in [1.807, 2.05) is 80.6 Å². The highest BCUT2D eigenvalue weighted by molar-refractivity contribution is 7.89. The van der Waals surface area contributed by atoms with Gasteiger partial charge in [0, 0.05) is 40.7 Å². The zero-order valence-electron chi connectivity index (χ0n) is 30.2. The number of piperazine rings is 1. The van der Waals surface area contributed by atoms with E-state index in [0.717, 1.165) is 25.6 Å². The Labute approximate surface area is 314 Å². The predicted octanol–water partition coefficient (Wildman–Crippen LogP) is 8.18. The number of fused-ring (bicyclic) bond motifs is 1. The van der Waals surface area contributed by atoms with Crippen molar-refractivity contribution in [3.63, 3.8) is 0 Å². The fourth-order valence-electron chi connectivity index (χ4n) is 6.40. The summed E-state index contributed by atoms with van der Waals surface area (Å²) in [7, 11) is -4.39. The van der Waals surface area contributed by atoms with Gasteiger partial charge in [-0.1, -0.05) is 92.2 Å². The number of halogens is 1. The number of nitriles is 1. The third kappa shape index (κ3) is 8.05. The number of sulfonamides is 1. The van der Waals surface area contributed by atoms with Gasteiger partial charge in [-0.2, -0.15) is 9.57 Å². The lowest BCUT2D eigenvalue weighted by Crippen LogP contribution is -2.59. The Morgan fingerprint density at radius 3 is 2.19 bits per heavy atom. The van der Waals surface area contributed by atoms with Gasteiger partial charge in [0.15, 0.2) is 5.03 Å². The molecular formula is C41H40ClN5O5S. The standard InChI is InChI=1S/C41H40ClN5O5S/c1-27(2)36-25-45(53(50,51)38-22-32-21-33(42)18-19-35(32)47(38)40(49)52-41(3,4)5)26-37(48)46(36)24-28-16-17-31(23-43)34(20-28)44-39(29-12-8-6-9-13-29)30-14-10-7-11-15-30/h6-22,27,36H,24-26H2,1-5H3/t36-/m0/s1. The van der Waals surface area contributed by atoms with Crippen molar-refractivity contribution in [2.45, 2.75) is 57.8 Å². The molecule has 0 spiro atoms. The molecule has 272 valence electrons.